The molecule has 138 valence electrons. The van der Waals surface area contributed by atoms with E-state index in [1.54, 1.807) is 0 Å². The molecule has 0 saturated carbocycles. The lowest BCUT2D eigenvalue weighted by molar-refractivity contribution is -0.123. The largest absolute Gasteiger partial charge is 0.359 e. The molecule has 1 aromatic carbocycles. The van der Waals surface area contributed by atoms with Crippen LogP contribution in [0.1, 0.15) is 25.0 Å². The molecule has 26 heavy (non-hydrogen) atoms. The van der Waals surface area contributed by atoms with Crippen LogP contribution in [0.2, 0.25) is 5.02 Å². The number of nitrogens with zero attached hydrogens (tertiary/aromatic N) is 1. The molecule has 2 saturated heterocycles. The maximum atomic E-state index is 12.5. The summed E-state index contributed by atoms with van der Waals surface area (Å²) >= 11 is 6.19. The van der Waals surface area contributed by atoms with E-state index in [4.69, 9.17) is 16.1 Å². The van der Waals surface area contributed by atoms with Crippen molar-refractivity contribution in [2.45, 2.75) is 31.8 Å². The molecule has 3 N–H and O–H groups in total. The lowest BCUT2D eigenvalue weighted by Crippen LogP contribution is -2.40. The van der Waals surface area contributed by atoms with E-state index in [9.17, 15) is 4.79 Å². The number of rotatable bonds is 4. The minimum absolute atomic E-state index is 0.0242. The average molecular weight is 375 g/mol. The fourth-order valence-electron chi connectivity index (χ4n) is 3.93. The summed E-state index contributed by atoms with van der Waals surface area (Å²) in [5.41, 5.74) is 1.77. The van der Waals surface area contributed by atoms with Crippen molar-refractivity contribution in [3.63, 3.8) is 0 Å². The van der Waals surface area contributed by atoms with Crippen LogP contribution in [-0.2, 0) is 11.3 Å². The van der Waals surface area contributed by atoms with Gasteiger partial charge in [-0.1, -0.05) is 35.0 Å². The van der Waals surface area contributed by atoms with Crippen molar-refractivity contribution in [3.8, 4) is 11.3 Å². The number of halogens is 1. The molecule has 0 unspecified atom stereocenters. The lowest BCUT2D eigenvalue weighted by atomic mass is 9.77. The number of nitrogens with one attached hydrogen (secondary N) is 3. The molecule has 1 amide bonds. The van der Waals surface area contributed by atoms with Crippen LogP contribution in [0.4, 0.5) is 0 Å². The number of carbonyl (C=O) groups is 1. The molecule has 1 spiro atoms. The Morgan fingerprint density at radius 2 is 2.15 bits per heavy atom. The molecule has 4 rings (SSSR count). The smallest absolute Gasteiger partial charge is 0.237 e. The van der Waals surface area contributed by atoms with Crippen molar-refractivity contribution in [2.75, 3.05) is 19.6 Å². The third-order valence-electron chi connectivity index (χ3n) is 5.49. The summed E-state index contributed by atoms with van der Waals surface area (Å²) in [7, 11) is 0. The summed E-state index contributed by atoms with van der Waals surface area (Å²) in [6, 6.07) is 9.17. The standard InChI is InChI=1S/C19H23ClN4O2/c20-15-4-2-1-3-14(15)16-9-13(26-24-16)11-22-18(25)17-10-19(12-23-17)5-7-21-8-6-19/h1-4,9,17,21,23H,5-8,10-12H2,(H,22,25)/t17-/m1/s1. The van der Waals surface area contributed by atoms with Crippen molar-refractivity contribution in [3.05, 3.63) is 41.1 Å². The molecule has 2 aliphatic rings. The number of amides is 1. The van der Waals surface area contributed by atoms with Crippen molar-refractivity contribution in [1.29, 1.82) is 0 Å². The number of benzene rings is 1. The molecule has 6 nitrogen and oxygen atoms in total. The van der Waals surface area contributed by atoms with Gasteiger partial charge in [-0.05, 0) is 43.8 Å². The zero-order valence-electron chi connectivity index (χ0n) is 14.6. The first-order valence-electron chi connectivity index (χ1n) is 9.08. The third kappa shape index (κ3) is 3.63. The normalized spacial score (nSPS) is 21.8. The van der Waals surface area contributed by atoms with Gasteiger partial charge in [0, 0.05) is 18.2 Å². The maximum Gasteiger partial charge on any atom is 0.237 e. The van der Waals surface area contributed by atoms with Gasteiger partial charge in [0.15, 0.2) is 5.76 Å². The van der Waals surface area contributed by atoms with Crippen molar-refractivity contribution >= 4 is 17.5 Å². The zero-order chi connectivity index (χ0) is 18.0. The number of carbonyl (C=O) groups excluding carboxylic acids is 1. The van der Waals surface area contributed by atoms with E-state index in [0.717, 1.165) is 44.5 Å². The predicted molar refractivity (Wildman–Crippen MR) is 99.7 cm³/mol. The second-order valence-electron chi connectivity index (χ2n) is 7.26. The average Bonchev–Trinajstić information content (AvgIpc) is 3.29. The van der Waals surface area contributed by atoms with E-state index in [1.807, 2.05) is 30.3 Å². The minimum atomic E-state index is -0.126. The Morgan fingerprint density at radius 1 is 1.35 bits per heavy atom. The van der Waals surface area contributed by atoms with E-state index >= 15 is 0 Å². The van der Waals surface area contributed by atoms with Crippen molar-refractivity contribution in [2.24, 2.45) is 5.41 Å². The molecule has 2 fully saturated rings. The first-order chi connectivity index (χ1) is 12.7. The Hall–Kier alpha value is -1.89. The first-order valence-corrected chi connectivity index (χ1v) is 9.45. The Bertz CT molecular complexity index is 785. The molecule has 0 bridgehead atoms. The van der Waals surface area contributed by atoms with Crippen LogP contribution >= 0.6 is 11.6 Å². The Labute approximate surface area is 157 Å². The van der Waals surface area contributed by atoms with E-state index in [0.29, 0.717) is 23.0 Å². The quantitative estimate of drug-likeness (QED) is 0.765. The maximum absolute atomic E-state index is 12.5. The van der Waals surface area contributed by atoms with Gasteiger partial charge >= 0.3 is 0 Å². The van der Waals surface area contributed by atoms with Gasteiger partial charge in [0.1, 0.15) is 5.69 Å². The van der Waals surface area contributed by atoms with Gasteiger partial charge < -0.3 is 20.5 Å². The molecule has 7 heteroatoms. The number of aromatic nitrogens is 1. The highest BCUT2D eigenvalue weighted by Gasteiger charge is 2.42. The van der Waals surface area contributed by atoms with E-state index < -0.39 is 0 Å². The predicted octanol–water partition coefficient (Wildman–Crippen LogP) is 2.34. The summed E-state index contributed by atoms with van der Waals surface area (Å²) in [6.07, 6.45) is 3.17. The van der Waals surface area contributed by atoms with Crippen LogP contribution in [0.3, 0.4) is 0 Å². The fraction of sp³-hybridized carbons (Fsp3) is 0.474. The Morgan fingerprint density at radius 3 is 2.96 bits per heavy atom. The number of hydrogen-bond acceptors (Lipinski definition) is 5. The molecule has 2 aliphatic heterocycles. The van der Waals surface area contributed by atoms with Gasteiger partial charge in [-0.2, -0.15) is 0 Å². The van der Waals surface area contributed by atoms with Gasteiger partial charge in [-0.25, -0.2) is 0 Å². The molecule has 1 aromatic heterocycles. The Balaban J connectivity index is 1.33. The van der Waals surface area contributed by atoms with Gasteiger partial charge in [0.05, 0.1) is 17.6 Å². The summed E-state index contributed by atoms with van der Waals surface area (Å²) < 4.78 is 5.34. The van der Waals surface area contributed by atoms with E-state index in [2.05, 4.69) is 21.1 Å². The van der Waals surface area contributed by atoms with Gasteiger partial charge in [0.25, 0.3) is 0 Å². The fourth-order valence-corrected chi connectivity index (χ4v) is 4.16. The summed E-state index contributed by atoms with van der Waals surface area (Å²) in [6.45, 7) is 3.33. The van der Waals surface area contributed by atoms with E-state index in [1.165, 1.54) is 0 Å². The highest BCUT2D eigenvalue weighted by Crippen LogP contribution is 2.37. The number of piperidine rings is 1. The van der Waals surface area contributed by atoms with Crippen LogP contribution < -0.4 is 16.0 Å². The molecule has 0 aliphatic carbocycles. The molecule has 1 atom stereocenters. The Kier molecular flexibility index (Phi) is 4.98. The van der Waals surface area contributed by atoms with Crippen LogP contribution in [0, 0.1) is 5.41 Å². The minimum Gasteiger partial charge on any atom is -0.359 e. The van der Waals surface area contributed by atoms with E-state index in [-0.39, 0.29) is 17.4 Å². The third-order valence-corrected chi connectivity index (χ3v) is 5.82. The van der Waals surface area contributed by atoms with Crippen molar-refractivity contribution in [1.82, 2.24) is 21.1 Å². The molecule has 2 aromatic rings. The second-order valence-corrected chi connectivity index (χ2v) is 7.67. The monoisotopic (exact) mass is 374 g/mol. The SMILES string of the molecule is O=C(NCc1cc(-c2ccccc2Cl)no1)[C@H]1CC2(CCNCC2)CN1. The van der Waals surface area contributed by atoms with Crippen molar-refractivity contribution < 1.29 is 9.32 Å². The van der Waals surface area contributed by atoms with Crippen LogP contribution in [0.25, 0.3) is 11.3 Å². The summed E-state index contributed by atoms with van der Waals surface area (Å²) in [5, 5.41) is 14.4. The van der Waals surface area contributed by atoms with Gasteiger partial charge in [-0.3, -0.25) is 4.79 Å². The highest BCUT2D eigenvalue weighted by molar-refractivity contribution is 6.33. The molecular formula is C19H23ClN4O2. The van der Waals surface area contributed by atoms with Crippen LogP contribution in [0.15, 0.2) is 34.9 Å². The van der Waals surface area contributed by atoms with Gasteiger partial charge in [-0.15, -0.1) is 0 Å². The van der Waals surface area contributed by atoms with Crippen LogP contribution in [-0.4, -0.2) is 36.7 Å². The highest BCUT2D eigenvalue weighted by atomic mass is 35.5. The van der Waals surface area contributed by atoms with Crippen LogP contribution in [0.5, 0.6) is 0 Å². The summed E-state index contributed by atoms with van der Waals surface area (Å²) in [5.74, 6) is 0.638. The second kappa shape index (κ2) is 7.39. The topological polar surface area (TPSA) is 79.2 Å². The zero-order valence-corrected chi connectivity index (χ0v) is 15.3. The lowest BCUT2D eigenvalue weighted by Gasteiger charge is -2.33. The molecular weight excluding hydrogens is 352 g/mol. The molecule has 3 heterocycles. The number of hydrogen-bond donors (Lipinski definition) is 3. The first kappa shape index (κ1) is 17.5. The molecule has 0 radical (unpaired) electrons. The van der Waals surface area contributed by atoms with Gasteiger partial charge in [0.2, 0.25) is 5.91 Å². The summed E-state index contributed by atoms with van der Waals surface area (Å²) in [4.78, 5) is 12.5.